The fourth-order valence-electron chi connectivity index (χ4n) is 4.83. The summed E-state index contributed by atoms with van der Waals surface area (Å²) in [5.74, 6) is 0.242. The van der Waals surface area contributed by atoms with Gasteiger partial charge in [-0.05, 0) is 61.4 Å². The topological polar surface area (TPSA) is 26.8 Å². The molecule has 29 heavy (non-hydrogen) atoms. The maximum absolute atomic E-state index is 13.0. The standard InChI is InChI=1S/C25H33N3O/c1-19-8-6-12-23(20(19)2)28-16-14-27(15-17-28)18-25(29)26(3)24-13-7-10-21-9-4-5-11-22(21)24/h4-6,8-9,11-12,24H,7,10,13-18H2,1-3H3/t24-/m0/s1. The smallest absolute Gasteiger partial charge is 0.237 e. The molecule has 0 bridgehead atoms. The Morgan fingerprint density at radius 1 is 1.03 bits per heavy atom. The first kappa shape index (κ1) is 20.0. The first-order valence-electron chi connectivity index (χ1n) is 10.9. The van der Waals surface area contributed by atoms with Gasteiger partial charge in [-0.3, -0.25) is 9.69 Å². The molecule has 0 saturated carbocycles. The van der Waals surface area contributed by atoms with Crippen molar-refractivity contribution in [1.29, 1.82) is 0 Å². The van der Waals surface area contributed by atoms with Crippen molar-refractivity contribution in [2.45, 2.75) is 39.2 Å². The minimum atomic E-state index is 0.226. The average molecular weight is 392 g/mol. The summed E-state index contributed by atoms with van der Waals surface area (Å²) < 4.78 is 0. The van der Waals surface area contributed by atoms with Gasteiger partial charge in [0.2, 0.25) is 5.91 Å². The van der Waals surface area contributed by atoms with Gasteiger partial charge in [-0.2, -0.15) is 0 Å². The molecule has 0 N–H and O–H groups in total. The van der Waals surface area contributed by atoms with Gasteiger partial charge in [0, 0.05) is 38.9 Å². The number of piperazine rings is 1. The van der Waals surface area contributed by atoms with E-state index < -0.39 is 0 Å². The second-order valence-corrected chi connectivity index (χ2v) is 8.59. The molecule has 4 nitrogen and oxygen atoms in total. The van der Waals surface area contributed by atoms with Gasteiger partial charge in [0.05, 0.1) is 12.6 Å². The van der Waals surface area contributed by atoms with Gasteiger partial charge in [-0.15, -0.1) is 0 Å². The van der Waals surface area contributed by atoms with Crippen LogP contribution in [0.25, 0.3) is 0 Å². The second kappa shape index (κ2) is 8.58. The molecule has 2 aromatic rings. The predicted octanol–water partition coefficient (Wildman–Crippen LogP) is 3.96. The largest absolute Gasteiger partial charge is 0.369 e. The van der Waals surface area contributed by atoms with Gasteiger partial charge >= 0.3 is 0 Å². The molecule has 1 saturated heterocycles. The zero-order valence-electron chi connectivity index (χ0n) is 18.0. The number of aryl methyl sites for hydroxylation is 2. The quantitative estimate of drug-likeness (QED) is 0.789. The number of benzene rings is 2. The van der Waals surface area contributed by atoms with Crippen LogP contribution in [0.3, 0.4) is 0 Å². The molecule has 1 amide bonds. The first-order valence-corrected chi connectivity index (χ1v) is 10.9. The van der Waals surface area contributed by atoms with Gasteiger partial charge < -0.3 is 9.80 Å². The Labute approximate surface area is 175 Å². The number of anilines is 1. The zero-order chi connectivity index (χ0) is 20.4. The molecular formula is C25H33N3O. The van der Waals surface area contributed by atoms with E-state index in [4.69, 9.17) is 0 Å². The van der Waals surface area contributed by atoms with Crippen molar-refractivity contribution in [3.05, 3.63) is 64.7 Å². The Bertz CT molecular complexity index is 870. The number of hydrogen-bond acceptors (Lipinski definition) is 3. The van der Waals surface area contributed by atoms with Gasteiger partial charge in [0.25, 0.3) is 0 Å². The summed E-state index contributed by atoms with van der Waals surface area (Å²) in [5.41, 5.74) is 6.80. The van der Waals surface area contributed by atoms with Crippen molar-refractivity contribution < 1.29 is 4.79 Å². The normalized spacial score (nSPS) is 19.7. The molecule has 2 aliphatic rings. The van der Waals surface area contributed by atoms with Crippen LogP contribution in [0.4, 0.5) is 5.69 Å². The van der Waals surface area contributed by atoms with Crippen LogP contribution in [0.5, 0.6) is 0 Å². The van der Waals surface area contributed by atoms with Crippen molar-refractivity contribution in [3.8, 4) is 0 Å². The molecular weight excluding hydrogens is 358 g/mol. The van der Waals surface area contributed by atoms with Crippen molar-refractivity contribution in [2.75, 3.05) is 44.7 Å². The first-order chi connectivity index (χ1) is 14.0. The lowest BCUT2D eigenvalue weighted by atomic mass is 9.87. The zero-order valence-corrected chi connectivity index (χ0v) is 18.0. The van der Waals surface area contributed by atoms with E-state index in [0.29, 0.717) is 6.54 Å². The Morgan fingerprint density at radius 2 is 1.79 bits per heavy atom. The third kappa shape index (κ3) is 4.18. The van der Waals surface area contributed by atoms with E-state index in [9.17, 15) is 4.79 Å². The summed E-state index contributed by atoms with van der Waals surface area (Å²) in [6, 6.07) is 15.4. The summed E-state index contributed by atoms with van der Waals surface area (Å²) in [5, 5.41) is 0. The summed E-state index contributed by atoms with van der Waals surface area (Å²) in [7, 11) is 1.99. The van der Waals surface area contributed by atoms with Crippen molar-refractivity contribution >= 4 is 11.6 Å². The fourth-order valence-corrected chi connectivity index (χ4v) is 4.83. The van der Waals surface area contributed by atoms with Gasteiger partial charge in [0.1, 0.15) is 0 Å². The maximum Gasteiger partial charge on any atom is 0.237 e. The summed E-state index contributed by atoms with van der Waals surface area (Å²) in [4.78, 5) is 19.8. The Morgan fingerprint density at radius 3 is 2.59 bits per heavy atom. The molecule has 154 valence electrons. The molecule has 1 fully saturated rings. The minimum Gasteiger partial charge on any atom is -0.369 e. The number of carbonyl (C=O) groups is 1. The SMILES string of the molecule is Cc1cccc(N2CCN(CC(=O)N(C)[C@H]3CCCc4ccccc43)CC2)c1C. The van der Waals surface area contributed by atoms with E-state index in [1.165, 1.54) is 27.9 Å². The van der Waals surface area contributed by atoms with Gasteiger partial charge in [-0.25, -0.2) is 0 Å². The van der Waals surface area contributed by atoms with Crippen LogP contribution in [0.2, 0.25) is 0 Å². The molecule has 0 radical (unpaired) electrons. The lowest BCUT2D eigenvalue weighted by Gasteiger charge is -2.38. The Hall–Kier alpha value is -2.33. The van der Waals surface area contributed by atoms with E-state index in [1.807, 2.05) is 11.9 Å². The molecule has 1 aliphatic heterocycles. The summed E-state index contributed by atoms with van der Waals surface area (Å²) in [6.07, 6.45) is 3.36. The van der Waals surface area contributed by atoms with Gasteiger partial charge in [0.15, 0.2) is 0 Å². The average Bonchev–Trinajstić information content (AvgIpc) is 2.75. The molecule has 0 spiro atoms. The number of amides is 1. The molecule has 4 rings (SSSR count). The monoisotopic (exact) mass is 391 g/mol. The number of nitrogens with zero attached hydrogens (tertiary/aromatic N) is 3. The van der Waals surface area contributed by atoms with Gasteiger partial charge in [-0.1, -0.05) is 36.4 Å². The molecule has 1 aliphatic carbocycles. The van der Waals surface area contributed by atoms with Crippen molar-refractivity contribution in [3.63, 3.8) is 0 Å². The Balaban J connectivity index is 1.35. The van der Waals surface area contributed by atoms with E-state index >= 15 is 0 Å². The third-order valence-electron chi connectivity index (χ3n) is 6.85. The maximum atomic E-state index is 13.0. The van der Waals surface area contributed by atoms with E-state index in [0.717, 1.165) is 45.4 Å². The lowest BCUT2D eigenvalue weighted by Crippen LogP contribution is -2.50. The van der Waals surface area contributed by atoms with E-state index in [1.54, 1.807) is 0 Å². The molecule has 1 heterocycles. The molecule has 0 unspecified atom stereocenters. The second-order valence-electron chi connectivity index (χ2n) is 8.59. The summed E-state index contributed by atoms with van der Waals surface area (Å²) >= 11 is 0. The van der Waals surface area contributed by atoms with Crippen LogP contribution in [0, 0.1) is 13.8 Å². The van der Waals surface area contributed by atoms with Crippen molar-refractivity contribution in [2.24, 2.45) is 0 Å². The lowest BCUT2D eigenvalue weighted by molar-refractivity contribution is -0.133. The molecule has 0 aromatic heterocycles. The molecule has 4 heteroatoms. The van der Waals surface area contributed by atoms with E-state index in [2.05, 4.69) is 66.1 Å². The molecule has 2 aromatic carbocycles. The van der Waals surface area contributed by atoms with Crippen LogP contribution in [-0.2, 0) is 11.2 Å². The highest BCUT2D eigenvalue weighted by Gasteiger charge is 2.28. The highest BCUT2D eigenvalue weighted by Crippen LogP contribution is 2.33. The minimum absolute atomic E-state index is 0.226. The summed E-state index contributed by atoms with van der Waals surface area (Å²) in [6.45, 7) is 8.74. The number of fused-ring (bicyclic) bond motifs is 1. The van der Waals surface area contributed by atoms with Crippen molar-refractivity contribution in [1.82, 2.24) is 9.80 Å². The number of rotatable bonds is 4. The number of hydrogen-bond donors (Lipinski definition) is 0. The number of likely N-dealkylation sites (N-methyl/N-ethyl adjacent to an activating group) is 1. The highest BCUT2D eigenvalue weighted by atomic mass is 16.2. The highest BCUT2D eigenvalue weighted by molar-refractivity contribution is 5.78. The number of carbonyl (C=O) groups excluding carboxylic acids is 1. The van der Waals surface area contributed by atoms with Crippen LogP contribution in [0.15, 0.2) is 42.5 Å². The van der Waals surface area contributed by atoms with E-state index in [-0.39, 0.29) is 11.9 Å². The van der Waals surface area contributed by atoms with Crippen LogP contribution in [0.1, 0.15) is 41.1 Å². The van der Waals surface area contributed by atoms with Crippen LogP contribution < -0.4 is 4.90 Å². The van der Waals surface area contributed by atoms with Crippen LogP contribution >= 0.6 is 0 Å². The Kier molecular flexibility index (Phi) is 5.91. The molecule has 1 atom stereocenters. The fraction of sp³-hybridized carbons (Fsp3) is 0.480. The predicted molar refractivity (Wildman–Crippen MR) is 119 cm³/mol. The van der Waals surface area contributed by atoms with Crippen LogP contribution in [-0.4, -0.2) is 55.5 Å². The third-order valence-corrected chi connectivity index (χ3v) is 6.85.